The van der Waals surface area contributed by atoms with E-state index in [4.69, 9.17) is 5.11 Å². The number of carbonyl (C=O) groups excluding carboxylic acids is 1. The number of carboxylic acids is 1. The number of aromatic carboxylic acids is 1. The van der Waals surface area contributed by atoms with Crippen LogP contribution in [0.2, 0.25) is 0 Å². The molecule has 5 heteroatoms. The molecule has 2 heterocycles. The first-order valence-corrected chi connectivity index (χ1v) is 7.50. The van der Waals surface area contributed by atoms with Crippen LogP contribution in [0.1, 0.15) is 35.2 Å². The molecule has 21 heavy (non-hydrogen) atoms. The van der Waals surface area contributed by atoms with Crippen LogP contribution in [-0.4, -0.2) is 35.6 Å². The summed E-state index contributed by atoms with van der Waals surface area (Å²) in [6.45, 7) is 0.483. The highest BCUT2D eigenvalue weighted by molar-refractivity contribution is 5.89. The highest BCUT2D eigenvalue weighted by Crippen LogP contribution is 2.33. The second-order valence-electron chi connectivity index (χ2n) is 5.89. The lowest BCUT2D eigenvalue weighted by Crippen LogP contribution is -2.38. The van der Waals surface area contributed by atoms with Gasteiger partial charge in [-0.1, -0.05) is 18.2 Å². The van der Waals surface area contributed by atoms with Crippen molar-refractivity contribution < 1.29 is 14.7 Å². The maximum absolute atomic E-state index is 12.2. The van der Waals surface area contributed by atoms with Gasteiger partial charge in [0.2, 0.25) is 5.91 Å². The summed E-state index contributed by atoms with van der Waals surface area (Å²) in [6, 6.07) is 7.78. The van der Waals surface area contributed by atoms with Crippen LogP contribution in [0.25, 0.3) is 0 Å². The minimum Gasteiger partial charge on any atom is -0.478 e. The van der Waals surface area contributed by atoms with Crippen molar-refractivity contribution in [2.45, 2.75) is 37.8 Å². The Balaban J connectivity index is 1.52. The predicted molar refractivity (Wildman–Crippen MR) is 78.2 cm³/mol. The third-order valence-electron chi connectivity index (χ3n) is 4.58. The minimum absolute atomic E-state index is 0.0819. The van der Waals surface area contributed by atoms with E-state index >= 15 is 0 Å². The maximum atomic E-state index is 12.2. The van der Waals surface area contributed by atoms with Gasteiger partial charge in [-0.15, -0.1) is 0 Å². The van der Waals surface area contributed by atoms with Crippen molar-refractivity contribution in [3.8, 4) is 0 Å². The molecule has 0 radical (unpaired) electrons. The number of nitrogens with one attached hydrogen (secondary N) is 2. The SMILES string of the molecule is O=C(O)c1ccccc1CCNC(=O)C1CC2CCC1N2. The van der Waals surface area contributed by atoms with E-state index in [1.165, 1.54) is 6.42 Å². The minimum atomic E-state index is -0.922. The fourth-order valence-electron chi connectivity index (χ4n) is 3.51. The van der Waals surface area contributed by atoms with Crippen molar-refractivity contribution in [3.63, 3.8) is 0 Å². The average Bonchev–Trinajstić information content (AvgIpc) is 3.10. The molecule has 2 aliphatic heterocycles. The Hall–Kier alpha value is -1.88. The lowest BCUT2D eigenvalue weighted by Gasteiger charge is -2.19. The van der Waals surface area contributed by atoms with E-state index in [0.29, 0.717) is 30.6 Å². The molecule has 0 aliphatic carbocycles. The van der Waals surface area contributed by atoms with Gasteiger partial charge in [-0.3, -0.25) is 4.79 Å². The molecule has 2 fully saturated rings. The van der Waals surface area contributed by atoms with Crippen LogP contribution in [0.5, 0.6) is 0 Å². The average molecular weight is 288 g/mol. The smallest absolute Gasteiger partial charge is 0.335 e. The van der Waals surface area contributed by atoms with Gasteiger partial charge in [0, 0.05) is 18.6 Å². The van der Waals surface area contributed by atoms with E-state index in [2.05, 4.69) is 10.6 Å². The van der Waals surface area contributed by atoms with Gasteiger partial charge in [0.15, 0.2) is 0 Å². The predicted octanol–water partition coefficient (Wildman–Crippen LogP) is 1.18. The second kappa shape index (κ2) is 5.85. The van der Waals surface area contributed by atoms with Crippen LogP contribution in [0.3, 0.4) is 0 Å². The van der Waals surface area contributed by atoms with Crippen LogP contribution < -0.4 is 10.6 Å². The van der Waals surface area contributed by atoms with E-state index in [-0.39, 0.29) is 11.8 Å². The Kier molecular flexibility index (Phi) is 3.92. The molecule has 1 aromatic carbocycles. The fraction of sp³-hybridized carbons (Fsp3) is 0.500. The molecule has 5 nitrogen and oxygen atoms in total. The maximum Gasteiger partial charge on any atom is 0.335 e. The molecule has 1 amide bonds. The quantitative estimate of drug-likeness (QED) is 0.760. The molecule has 112 valence electrons. The highest BCUT2D eigenvalue weighted by Gasteiger charge is 2.42. The van der Waals surface area contributed by atoms with Crippen LogP contribution in [0.4, 0.5) is 0 Å². The number of benzene rings is 1. The van der Waals surface area contributed by atoms with Gasteiger partial charge < -0.3 is 15.7 Å². The third-order valence-corrected chi connectivity index (χ3v) is 4.58. The monoisotopic (exact) mass is 288 g/mol. The Labute approximate surface area is 123 Å². The van der Waals surface area contributed by atoms with Crippen LogP contribution in [0.15, 0.2) is 24.3 Å². The fourth-order valence-corrected chi connectivity index (χ4v) is 3.51. The number of fused-ring (bicyclic) bond motifs is 2. The summed E-state index contributed by atoms with van der Waals surface area (Å²) in [4.78, 5) is 23.3. The zero-order chi connectivity index (χ0) is 14.8. The van der Waals surface area contributed by atoms with Crippen LogP contribution >= 0.6 is 0 Å². The van der Waals surface area contributed by atoms with E-state index in [9.17, 15) is 9.59 Å². The second-order valence-corrected chi connectivity index (χ2v) is 5.89. The van der Waals surface area contributed by atoms with E-state index in [1.54, 1.807) is 18.2 Å². The molecular weight excluding hydrogens is 268 g/mol. The molecular formula is C16H20N2O3. The molecule has 0 spiro atoms. The Morgan fingerprint density at radius 3 is 2.76 bits per heavy atom. The van der Waals surface area contributed by atoms with Gasteiger partial charge in [-0.25, -0.2) is 4.79 Å². The summed E-state index contributed by atoms with van der Waals surface area (Å²) >= 11 is 0. The van der Waals surface area contributed by atoms with Gasteiger partial charge in [0.25, 0.3) is 0 Å². The summed E-state index contributed by atoms with van der Waals surface area (Å²) in [5, 5.41) is 15.5. The van der Waals surface area contributed by atoms with Gasteiger partial charge >= 0.3 is 5.97 Å². The lowest BCUT2D eigenvalue weighted by atomic mass is 9.88. The lowest BCUT2D eigenvalue weighted by molar-refractivity contribution is -0.125. The standard InChI is InChI=1S/C16H20N2O3/c19-15(13-9-11-5-6-14(13)18-11)17-8-7-10-3-1-2-4-12(10)16(20)21/h1-4,11,13-14,18H,5-9H2,(H,17,19)(H,20,21). The van der Waals surface area contributed by atoms with E-state index < -0.39 is 5.97 Å². The van der Waals surface area contributed by atoms with Crippen molar-refractivity contribution >= 4 is 11.9 Å². The molecule has 0 saturated carbocycles. The van der Waals surface area contributed by atoms with Crippen LogP contribution in [0, 0.1) is 5.92 Å². The normalized spacial score (nSPS) is 26.8. The van der Waals surface area contributed by atoms with Crippen molar-refractivity contribution in [2.24, 2.45) is 5.92 Å². The molecule has 2 saturated heterocycles. The molecule has 3 unspecified atom stereocenters. The summed E-state index contributed by atoms with van der Waals surface area (Å²) < 4.78 is 0. The number of hydrogen-bond donors (Lipinski definition) is 3. The molecule has 3 rings (SSSR count). The molecule has 3 atom stereocenters. The van der Waals surface area contributed by atoms with Gasteiger partial charge in [-0.2, -0.15) is 0 Å². The van der Waals surface area contributed by atoms with Gasteiger partial charge in [0.1, 0.15) is 0 Å². The van der Waals surface area contributed by atoms with E-state index in [1.807, 2.05) is 6.07 Å². The molecule has 1 aromatic rings. The summed E-state index contributed by atoms with van der Waals surface area (Å²) in [5.41, 5.74) is 1.07. The van der Waals surface area contributed by atoms with Crippen molar-refractivity contribution in [1.29, 1.82) is 0 Å². The highest BCUT2D eigenvalue weighted by atomic mass is 16.4. The molecule has 2 bridgehead atoms. The number of rotatable bonds is 5. The first-order valence-electron chi connectivity index (χ1n) is 7.50. The number of hydrogen-bond acceptors (Lipinski definition) is 3. The first-order chi connectivity index (χ1) is 10.1. The van der Waals surface area contributed by atoms with Crippen LogP contribution in [-0.2, 0) is 11.2 Å². The molecule has 2 aliphatic rings. The summed E-state index contributed by atoms with van der Waals surface area (Å²) in [7, 11) is 0. The van der Waals surface area contributed by atoms with Gasteiger partial charge in [-0.05, 0) is 37.3 Å². The zero-order valence-electron chi connectivity index (χ0n) is 11.8. The van der Waals surface area contributed by atoms with Crippen molar-refractivity contribution in [2.75, 3.05) is 6.54 Å². The molecule has 3 N–H and O–H groups in total. The Bertz CT molecular complexity index is 558. The van der Waals surface area contributed by atoms with E-state index in [0.717, 1.165) is 18.4 Å². The number of carbonyl (C=O) groups is 2. The van der Waals surface area contributed by atoms with Crippen molar-refractivity contribution in [3.05, 3.63) is 35.4 Å². The largest absolute Gasteiger partial charge is 0.478 e. The van der Waals surface area contributed by atoms with Gasteiger partial charge in [0.05, 0.1) is 11.5 Å². The molecule has 0 aromatic heterocycles. The van der Waals surface area contributed by atoms with Crippen molar-refractivity contribution in [1.82, 2.24) is 10.6 Å². The summed E-state index contributed by atoms with van der Waals surface area (Å²) in [6.07, 6.45) is 3.75. The topological polar surface area (TPSA) is 78.4 Å². The number of amides is 1. The Morgan fingerprint density at radius 2 is 2.10 bits per heavy atom. The summed E-state index contributed by atoms with van der Waals surface area (Å²) in [5.74, 6) is -0.741. The first kappa shape index (κ1) is 14.1. The zero-order valence-corrected chi connectivity index (χ0v) is 11.8. The number of carboxylic acid groups (broad SMARTS) is 1. The third kappa shape index (κ3) is 2.93. The Morgan fingerprint density at radius 1 is 1.29 bits per heavy atom.